The van der Waals surface area contributed by atoms with Gasteiger partial charge in [-0.3, -0.25) is 4.90 Å². The molecule has 0 aliphatic carbocycles. The smallest absolute Gasteiger partial charge is 0.0620 e. The maximum absolute atomic E-state index is 5.58. The minimum atomic E-state index is 0.524. The number of hydrogen-bond donors (Lipinski definition) is 1. The van der Waals surface area contributed by atoms with Gasteiger partial charge in [0.25, 0.3) is 0 Å². The molecule has 1 N–H and O–H groups in total. The van der Waals surface area contributed by atoms with Crippen molar-refractivity contribution in [3.63, 3.8) is 0 Å². The molecule has 3 heteroatoms. The highest BCUT2D eigenvalue weighted by atomic mass is 16.5. The van der Waals surface area contributed by atoms with Gasteiger partial charge in [0, 0.05) is 24.7 Å². The summed E-state index contributed by atoms with van der Waals surface area (Å²) >= 11 is 0. The van der Waals surface area contributed by atoms with Crippen molar-refractivity contribution in [3.05, 3.63) is 35.9 Å². The third-order valence-electron chi connectivity index (χ3n) is 4.67. The first kappa shape index (κ1) is 14.1. The lowest BCUT2D eigenvalue weighted by Crippen LogP contribution is -2.45. The molecule has 0 spiro atoms. The van der Waals surface area contributed by atoms with Crippen LogP contribution in [-0.4, -0.2) is 43.3 Å². The molecule has 2 fully saturated rings. The molecule has 0 amide bonds. The fraction of sp³-hybridized carbons (Fsp3) is 0.647. The quantitative estimate of drug-likeness (QED) is 0.913. The summed E-state index contributed by atoms with van der Waals surface area (Å²) in [6.07, 6.45) is 3.80. The number of nitrogens with zero attached hydrogens (tertiary/aromatic N) is 1. The Bertz CT molecular complexity index is 403. The molecule has 3 atom stereocenters. The third kappa shape index (κ3) is 3.22. The van der Waals surface area contributed by atoms with Crippen molar-refractivity contribution >= 4 is 0 Å². The minimum Gasteiger partial charge on any atom is -0.379 e. The van der Waals surface area contributed by atoms with Crippen LogP contribution in [0.25, 0.3) is 0 Å². The summed E-state index contributed by atoms with van der Waals surface area (Å²) in [6.45, 7) is 6.33. The van der Waals surface area contributed by atoms with Crippen LogP contribution in [0.1, 0.15) is 37.8 Å². The van der Waals surface area contributed by atoms with Crippen molar-refractivity contribution < 1.29 is 4.74 Å². The summed E-state index contributed by atoms with van der Waals surface area (Å²) in [5.41, 5.74) is 1.48. The molecule has 110 valence electrons. The van der Waals surface area contributed by atoms with Gasteiger partial charge in [-0.1, -0.05) is 30.3 Å². The Hall–Kier alpha value is -0.900. The molecule has 2 heterocycles. The second kappa shape index (κ2) is 6.70. The van der Waals surface area contributed by atoms with Crippen LogP contribution in [0.15, 0.2) is 30.3 Å². The topological polar surface area (TPSA) is 24.5 Å². The number of likely N-dealkylation sites (tertiary alicyclic amines) is 1. The van der Waals surface area contributed by atoms with Gasteiger partial charge >= 0.3 is 0 Å². The minimum absolute atomic E-state index is 0.524. The van der Waals surface area contributed by atoms with E-state index in [-0.39, 0.29) is 0 Å². The predicted molar refractivity (Wildman–Crippen MR) is 81.8 cm³/mol. The van der Waals surface area contributed by atoms with Gasteiger partial charge in [0.2, 0.25) is 0 Å². The van der Waals surface area contributed by atoms with E-state index < -0.39 is 0 Å². The van der Waals surface area contributed by atoms with Gasteiger partial charge in [0.05, 0.1) is 13.2 Å². The first-order chi connectivity index (χ1) is 9.84. The number of morpholine rings is 1. The Labute approximate surface area is 122 Å². The molecule has 2 aliphatic heterocycles. The average Bonchev–Trinajstić information content (AvgIpc) is 2.99. The Morgan fingerprint density at radius 2 is 2.20 bits per heavy atom. The second-order valence-corrected chi connectivity index (χ2v) is 6.12. The molecule has 1 aromatic carbocycles. The third-order valence-corrected chi connectivity index (χ3v) is 4.67. The molecule has 1 aromatic rings. The Morgan fingerprint density at radius 3 is 2.95 bits per heavy atom. The van der Waals surface area contributed by atoms with Gasteiger partial charge in [-0.15, -0.1) is 0 Å². The first-order valence-electron chi connectivity index (χ1n) is 7.96. The summed E-state index contributed by atoms with van der Waals surface area (Å²) in [7, 11) is 0. The number of benzene rings is 1. The summed E-state index contributed by atoms with van der Waals surface area (Å²) in [5, 5.41) is 3.58. The average molecular weight is 274 g/mol. The summed E-state index contributed by atoms with van der Waals surface area (Å²) in [4.78, 5) is 2.69. The maximum atomic E-state index is 5.58. The van der Waals surface area contributed by atoms with Gasteiger partial charge < -0.3 is 10.1 Å². The summed E-state index contributed by atoms with van der Waals surface area (Å²) < 4.78 is 5.58. The van der Waals surface area contributed by atoms with Crippen molar-refractivity contribution in [2.75, 3.05) is 26.3 Å². The standard InChI is InChI=1S/C17H26N2O/c1-14(12-16-13-20-11-9-18-16)19-10-5-8-17(19)15-6-3-2-4-7-15/h2-4,6-7,14,16-18H,5,8-13H2,1H3. The van der Waals surface area contributed by atoms with E-state index in [4.69, 9.17) is 4.74 Å². The van der Waals surface area contributed by atoms with Gasteiger partial charge in [-0.2, -0.15) is 0 Å². The lowest BCUT2D eigenvalue weighted by Gasteiger charge is -2.34. The Kier molecular flexibility index (Phi) is 4.71. The highest BCUT2D eigenvalue weighted by molar-refractivity contribution is 5.20. The van der Waals surface area contributed by atoms with E-state index in [1.54, 1.807) is 0 Å². The fourth-order valence-electron chi connectivity index (χ4n) is 3.67. The first-order valence-corrected chi connectivity index (χ1v) is 7.96. The number of ether oxygens (including phenoxy) is 1. The van der Waals surface area contributed by atoms with Crippen molar-refractivity contribution in [1.29, 1.82) is 0 Å². The Morgan fingerprint density at radius 1 is 1.35 bits per heavy atom. The van der Waals surface area contributed by atoms with E-state index in [1.807, 2.05) is 0 Å². The zero-order chi connectivity index (χ0) is 13.8. The number of rotatable bonds is 4. The number of hydrogen-bond acceptors (Lipinski definition) is 3. The van der Waals surface area contributed by atoms with Crippen LogP contribution >= 0.6 is 0 Å². The normalized spacial score (nSPS) is 29.4. The lowest BCUT2D eigenvalue weighted by atomic mass is 10.0. The molecular weight excluding hydrogens is 248 g/mol. The van der Waals surface area contributed by atoms with Crippen LogP contribution in [0.2, 0.25) is 0 Å². The maximum Gasteiger partial charge on any atom is 0.0620 e. The zero-order valence-corrected chi connectivity index (χ0v) is 12.4. The molecule has 3 unspecified atom stereocenters. The van der Waals surface area contributed by atoms with E-state index in [2.05, 4.69) is 47.5 Å². The molecule has 20 heavy (non-hydrogen) atoms. The van der Waals surface area contributed by atoms with Gasteiger partial charge in [-0.05, 0) is 38.3 Å². The van der Waals surface area contributed by atoms with Gasteiger partial charge in [-0.25, -0.2) is 0 Å². The van der Waals surface area contributed by atoms with E-state index in [0.717, 1.165) is 19.8 Å². The molecule has 2 saturated heterocycles. The van der Waals surface area contributed by atoms with Crippen LogP contribution < -0.4 is 5.32 Å². The molecular formula is C17H26N2O. The number of nitrogens with one attached hydrogen (secondary N) is 1. The molecule has 0 bridgehead atoms. The molecule has 0 aromatic heterocycles. The lowest BCUT2D eigenvalue weighted by molar-refractivity contribution is 0.0602. The zero-order valence-electron chi connectivity index (χ0n) is 12.4. The van der Waals surface area contributed by atoms with Gasteiger partial charge in [0.15, 0.2) is 0 Å². The predicted octanol–water partition coefficient (Wildman–Crippen LogP) is 2.59. The molecule has 3 rings (SSSR count). The highest BCUT2D eigenvalue weighted by Crippen LogP contribution is 2.34. The van der Waals surface area contributed by atoms with E-state index >= 15 is 0 Å². The van der Waals surface area contributed by atoms with E-state index in [0.29, 0.717) is 18.1 Å². The molecule has 3 nitrogen and oxygen atoms in total. The molecule has 2 aliphatic rings. The van der Waals surface area contributed by atoms with Crippen molar-refractivity contribution in [2.45, 2.75) is 44.3 Å². The van der Waals surface area contributed by atoms with Crippen LogP contribution in [-0.2, 0) is 4.74 Å². The largest absolute Gasteiger partial charge is 0.379 e. The van der Waals surface area contributed by atoms with Crippen molar-refractivity contribution in [3.8, 4) is 0 Å². The van der Waals surface area contributed by atoms with E-state index in [9.17, 15) is 0 Å². The molecule has 0 radical (unpaired) electrons. The van der Waals surface area contributed by atoms with Crippen LogP contribution in [0.3, 0.4) is 0 Å². The van der Waals surface area contributed by atoms with Crippen LogP contribution in [0, 0.1) is 0 Å². The SMILES string of the molecule is CC(CC1COCCN1)N1CCCC1c1ccccc1. The van der Waals surface area contributed by atoms with Crippen molar-refractivity contribution in [2.24, 2.45) is 0 Å². The second-order valence-electron chi connectivity index (χ2n) is 6.12. The summed E-state index contributed by atoms with van der Waals surface area (Å²) in [6, 6.07) is 12.7. The summed E-state index contributed by atoms with van der Waals surface area (Å²) in [5.74, 6) is 0. The van der Waals surface area contributed by atoms with E-state index in [1.165, 1.54) is 31.4 Å². The van der Waals surface area contributed by atoms with Crippen molar-refractivity contribution in [1.82, 2.24) is 10.2 Å². The van der Waals surface area contributed by atoms with Crippen LogP contribution in [0.5, 0.6) is 0 Å². The fourth-order valence-corrected chi connectivity index (χ4v) is 3.67. The van der Waals surface area contributed by atoms with Crippen LogP contribution in [0.4, 0.5) is 0 Å². The molecule has 0 saturated carbocycles. The Balaban J connectivity index is 1.62. The monoisotopic (exact) mass is 274 g/mol. The van der Waals surface area contributed by atoms with Gasteiger partial charge in [0.1, 0.15) is 0 Å². The highest BCUT2D eigenvalue weighted by Gasteiger charge is 2.30.